The summed E-state index contributed by atoms with van der Waals surface area (Å²) in [5, 5.41) is 0. The maximum absolute atomic E-state index is 5.08. The van der Waals surface area contributed by atoms with Crippen LogP contribution in [0.15, 0.2) is 4.99 Å². The molecule has 0 heterocycles. The van der Waals surface area contributed by atoms with Crippen LogP contribution < -0.4 is 0 Å². The number of guanidine groups is 1. The minimum Gasteiger partial charge on any atom is -0.384 e. The molecule has 0 bridgehead atoms. The van der Waals surface area contributed by atoms with Crippen molar-refractivity contribution in [2.24, 2.45) is 4.99 Å². The predicted molar refractivity (Wildman–Crippen MR) is 113 cm³/mol. The molecular weight excluding hydrogens is 305 g/mol. The highest BCUT2D eigenvalue weighted by Crippen LogP contribution is 2.43. The van der Waals surface area contributed by atoms with Crippen LogP contribution in [0.25, 0.3) is 0 Å². The van der Waals surface area contributed by atoms with Gasteiger partial charge in [-0.1, -0.05) is 64.2 Å². The molecule has 0 aliphatic heterocycles. The SMILES string of the molecule is CC(C)N=C(N(C)C)N(B(C1CCCCC1)C1CCCCC1)C(C)C. The van der Waals surface area contributed by atoms with Crippen LogP contribution in [0.1, 0.15) is 91.9 Å². The van der Waals surface area contributed by atoms with Crippen molar-refractivity contribution in [2.75, 3.05) is 14.1 Å². The summed E-state index contributed by atoms with van der Waals surface area (Å²) in [7, 11) is 4.35. The lowest BCUT2D eigenvalue weighted by Crippen LogP contribution is -2.57. The third kappa shape index (κ3) is 5.66. The fraction of sp³-hybridized carbons (Fsp3) is 0.952. The van der Waals surface area contributed by atoms with Crippen molar-refractivity contribution in [2.45, 2.75) is 116 Å². The van der Waals surface area contributed by atoms with Gasteiger partial charge in [-0.3, -0.25) is 4.99 Å². The predicted octanol–water partition coefficient (Wildman–Crippen LogP) is 5.68. The Balaban J connectivity index is 2.37. The summed E-state index contributed by atoms with van der Waals surface area (Å²) in [6, 6.07) is 0.853. The second-order valence-electron chi connectivity index (χ2n) is 9.21. The van der Waals surface area contributed by atoms with E-state index in [4.69, 9.17) is 4.99 Å². The lowest BCUT2D eigenvalue weighted by molar-refractivity contribution is 0.381. The van der Waals surface area contributed by atoms with E-state index in [9.17, 15) is 0 Å². The molecule has 0 aromatic rings. The molecule has 2 aliphatic carbocycles. The minimum atomic E-state index is 0.344. The zero-order valence-electron chi connectivity index (χ0n) is 17.8. The molecule has 2 aliphatic rings. The Morgan fingerprint density at radius 3 is 1.56 bits per heavy atom. The van der Waals surface area contributed by atoms with Gasteiger partial charge in [0, 0.05) is 26.2 Å². The molecule has 144 valence electrons. The standard InChI is InChI=1S/C21H42BN3/c1-17(2)23-21(24(5)6)25(18(3)4)22(19-13-9-7-10-14-19)20-15-11-8-12-16-20/h17-20H,7-16H2,1-6H3. The van der Waals surface area contributed by atoms with E-state index in [1.165, 1.54) is 70.2 Å². The molecule has 25 heavy (non-hydrogen) atoms. The Labute approximate surface area is 157 Å². The number of hydrogen-bond acceptors (Lipinski definition) is 1. The van der Waals surface area contributed by atoms with E-state index in [0.29, 0.717) is 18.9 Å². The van der Waals surface area contributed by atoms with Crippen molar-refractivity contribution >= 4 is 12.8 Å². The summed E-state index contributed by atoms with van der Waals surface area (Å²) in [6.45, 7) is 9.84. The normalized spacial score (nSPS) is 21.0. The molecule has 2 fully saturated rings. The summed E-state index contributed by atoms with van der Waals surface area (Å²) in [6.07, 6.45) is 14.3. The second-order valence-corrected chi connectivity index (χ2v) is 9.21. The monoisotopic (exact) mass is 347 g/mol. The van der Waals surface area contributed by atoms with Gasteiger partial charge in [0.25, 0.3) is 6.85 Å². The quantitative estimate of drug-likeness (QED) is 0.362. The Hall–Kier alpha value is -0.665. The van der Waals surface area contributed by atoms with Crippen molar-refractivity contribution in [3.05, 3.63) is 0 Å². The number of nitrogens with zero attached hydrogens (tertiary/aromatic N) is 3. The molecule has 0 unspecified atom stereocenters. The van der Waals surface area contributed by atoms with Crippen molar-refractivity contribution in [1.29, 1.82) is 0 Å². The molecule has 2 rings (SSSR count). The molecule has 2 saturated carbocycles. The van der Waals surface area contributed by atoms with Crippen LogP contribution in [0.3, 0.4) is 0 Å². The third-order valence-corrected chi connectivity index (χ3v) is 6.15. The summed E-state index contributed by atoms with van der Waals surface area (Å²) in [5.41, 5.74) is 0. The van der Waals surface area contributed by atoms with Gasteiger partial charge in [0.2, 0.25) is 0 Å². The highest BCUT2D eigenvalue weighted by Gasteiger charge is 2.42. The van der Waals surface area contributed by atoms with Gasteiger partial charge in [0.05, 0.1) is 0 Å². The third-order valence-electron chi connectivity index (χ3n) is 6.15. The number of hydrogen-bond donors (Lipinski definition) is 0. The van der Waals surface area contributed by atoms with Crippen LogP contribution >= 0.6 is 0 Å². The highest BCUT2D eigenvalue weighted by molar-refractivity contribution is 6.62. The topological polar surface area (TPSA) is 18.8 Å². The fourth-order valence-corrected chi connectivity index (χ4v) is 5.14. The zero-order valence-corrected chi connectivity index (χ0v) is 17.8. The Bertz CT molecular complexity index is 389. The van der Waals surface area contributed by atoms with Gasteiger partial charge >= 0.3 is 0 Å². The summed E-state index contributed by atoms with van der Waals surface area (Å²) in [4.78, 5) is 10.1. The molecule has 0 radical (unpaired) electrons. The summed E-state index contributed by atoms with van der Waals surface area (Å²) >= 11 is 0. The van der Waals surface area contributed by atoms with Crippen LogP contribution in [0.5, 0.6) is 0 Å². The lowest BCUT2D eigenvalue weighted by Gasteiger charge is -2.46. The van der Waals surface area contributed by atoms with E-state index < -0.39 is 0 Å². The van der Waals surface area contributed by atoms with E-state index in [0.717, 1.165) is 11.6 Å². The molecular formula is C21H42BN3. The molecule has 4 heteroatoms. The van der Waals surface area contributed by atoms with Gasteiger partial charge in [0.1, 0.15) is 0 Å². The molecule has 0 N–H and O–H groups in total. The summed E-state index contributed by atoms with van der Waals surface area (Å²) in [5.74, 6) is 2.93. The number of rotatable bonds is 5. The Morgan fingerprint density at radius 2 is 1.24 bits per heavy atom. The Morgan fingerprint density at radius 1 is 0.800 bits per heavy atom. The molecule has 0 atom stereocenters. The van der Waals surface area contributed by atoms with Crippen LogP contribution in [-0.4, -0.2) is 48.7 Å². The van der Waals surface area contributed by atoms with Crippen molar-refractivity contribution in [3.63, 3.8) is 0 Å². The minimum absolute atomic E-state index is 0.344. The highest BCUT2D eigenvalue weighted by atomic mass is 15.3. The van der Waals surface area contributed by atoms with Crippen LogP contribution in [-0.2, 0) is 0 Å². The maximum Gasteiger partial charge on any atom is 0.264 e. The van der Waals surface area contributed by atoms with E-state index in [1.54, 1.807) is 0 Å². The van der Waals surface area contributed by atoms with Gasteiger partial charge in [-0.25, -0.2) is 0 Å². The molecule has 0 amide bonds. The van der Waals surface area contributed by atoms with Gasteiger partial charge in [0.15, 0.2) is 5.96 Å². The molecule has 0 aromatic heterocycles. The van der Waals surface area contributed by atoms with Gasteiger partial charge in [-0.2, -0.15) is 0 Å². The number of aliphatic imine (C=N–C) groups is 1. The van der Waals surface area contributed by atoms with Crippen molar-refractivity contribution in [3.8, 4) is 0 Å². The van der Waals surface area contributed by atoms with Crippen LogP contribution in [0.2, 0.25) is 11.6 Å². The smallest absolute Gasteiger partial charge is 0.264 e. The average Bonchev–Trinajstić information content (AvgIpc) is 2.58. The fourth-order valence-electron chi connectivity index (χ4n) is 5.14. The van der Waals surface area contributed by atoms with Crippen LogP contribution in [0, 0.1) is 0 Å². The van der Waals surface area contributed by atoms with Gasteiger partial charge in [-0.05, 0) is 39.3 Å². The largest absolute Gasteiger partial charge is 0.384 e. The molecule has 0 saturated heterocycles. The zero-order chi connectivity index (χ0) is 18.4. The van der Waals surface area contributed by atoms with E-state index in [-0.39, 0.29) is 0 Å². The van der Waals surface area contributed by atoms with Crippen molar-refractivity contribution in [1.82, 2.24) is 9.71 Å². The second kappa shape index (κ2) is 9.87. The lowest BCUT2D eigenvalue weighted by atomic mass is 9.37. The molecule has 3 nitrogen and oxygen atoms in total. The first-order valence-corrected chi connectivity index (χ1v) is 10.9. The van der Waals surface area contributed by atoms with Crippen LogP contribution in [0.4, 0.5) is 0 Å². The maximum atomic E-state index is 5.08. The van der Waals surface area contributed by atoms with E-state index in [1.807, 2.05) is 0 Å². The first-order chi connectivity index (χ1) is 11.9. The van der Waals surface area contributed by atoms with Gasteiger partial charge in [-0.15, -0.1) is 0 Å². The van der Waals surface area contributed by atoms with Gasteiger partial charge < -0.3 is 9.71 Å². The first kappa shape index (κ1) is 20.6. The average molecular weight is 347 g/mol. The molecule has 0 aromatic carbocycles. The molecule has 0 spiro atoms. The van der Waals surface area contributed by atoms with E-state index in [2.05, 4.69) is 51.5 Å². The summed E-state index contributed by atoms with van der Waals surface area (Å²) < 4.78 is 0. The first-order valence-electron chi connectivity index (χ1n) is 10.9. The Kier molecular flexibility index (Phi) is 8.15. The van der Waals surface area contributed by atoms with Crippen molar-refractivity contribution < 1.29 is 0 Å². The van der Waals surface area contributed by atoms with E-state index >= 15 is 0 Å².